The molecule has 0 aliphatic heterocycles. The van der Waals surface area contributed by atoms with Crippen LogP contribution in [0.5, 0.6) is 0 Å². The molecule has 0 saturated carbocycles. The minimum atomic E-state index is -3.77. The van der Waals surface area contributed by atoms with Crippen LogP contribution in [0.1, 0.15) is 5.76 Å². The van der Waals surface area contributed by atoms with Crippen LogP contribution in [-0.2, 0) is 9.84 Å². The van der Waals surface area contributed by atoms with Crippen LogP contribution >= 0.6 is 15.9 Å². The summed E-state index contributed by atoms with van der Waals surface area (Å²) in [6.07, 6.45) is 1.18. The van der Waals surface area contributed by atoms with E-state index in [-0.39, 0.29) is 21.3 Å². The molecule has 1 heterocycles. The Morgan fingerprint density at radius 1 is 1.10 bits per heavy atom. The molecule has 0 aliphatic rings. The van der Waals surface area contributed by atoms with Crippen molar-refractivity contribution in [3.63, 3.8) is 0 Å². The Hall–Kier alpha value is -2.35. The molecule has 2 rings (SSSR count). The number of rotatable bonds is 3. The second-order valence-electron chi connectivity index (χ2n) is 3.90. The van der Waals surface area contributed by atoms with Crippen molar-refractivity contribution in [2.24, 2.45) is 0 Å². The summed E-state index contributed by atoms with van der Waals surface area (Å²) in [7, 11) is -3.77. The molecule has 1 aromatic carbocycles. The monoisotopic (exact) mass is 362 g/mol. The van der Waals surface area contributed by atoms with Crippen LogP contribution in [0.4, 0.5) is 0 Å². The summed E-state index contributed by atoms with van der Waals surface area (Å²) >= 11 is 3.23. The van der Waals surface area contributed by atoms with Gasteiger partial charge in [0.15, 0.2) is 0 Å². The largest absolute Gasteiger partial charge is 0.445 e. The second-order valence-corrected chi connectivity index (χ2v) is 6.69. The van der Waals surface area contributed by atoms with Crippen LogP contribution in [0.15, 0.2) is 60.8 Å². The molecule has 7 heteroatoms. The van der Waals surface area contributed by atoms with Gasteiger partial charge in [0.25, 0.3) is 0 Å². The summed E-state index contributed by atoms with van der Waals surface area (Å²) in [5.41, 5.74) is -0.170. The van der Waals surface area contributed by atoms with Crippen molar-refractivity contribution < 1.29 is 12.8 Å². The Morgan fingerprint density at radius 2 is 1.71 bits per heavy atom. The van der Waals surface area contributed by atoms with Gasteiger partial charge >= 0.3 is 0 Å². The first-order chi connectivity index (χ1) is 9.97. The van der Waals surface area contributed by atoms with Crippen molar-refractivity contribution in [2.45, 2.75) is 9.99 Å². The van der Waals surface area contributed by atoms with E-state index in [2.05, 4.69) is 15.9 Å². The molecule has 0 aliphatic carbocycles. The fourth-order valence-corrected chi connectivity index (χ4v) is 2.96. The average molecular weight is 363 g/mol. The Morgan fingerprint density at radius 3 is 2.29 bits per heavy atom. The SMILES string of the molecule is N#CC(C#N)=Cc1ccc(S(=O)(=O)c2ccc(Br)cc2)o1. The third-order valence-electron chi connectivity index (χ3n) is 2.52. The second kappa shape index (κ2) is 5.96. The van der Waals surface area contributed by atoms with Crippen molar-refractivity contribution in [3.8, 4) is 12.1 Å². The van der Waals surface area contributed by atoms with Crippen molar-refractivity contribution in [1.82, 2.24) is 0 Å². The van der Waals surface area contributed by atoms with Crippen molar-refractivity contribution in [2.75, 3.05) is 0 Å². The molecule has 104 valence electrons. The maximum Gasteiger partial charge on any atom is 0.239 e. The normalized spacial score (nSPS) is 10.4. The summed E-state index contributed by atoms with van der Waals surface area (Å²) in [5.74, 6) is 0.129. The Labute approximate surface area is 129 Å². The zero-order valence-electron chi connectivity index (χ0n) is 10.4. The molecule has 0 N–H and O–H groups in total. The summed E-state index contributed by atoms with van der Waals surface area (Å²) < 4.78 is 30.6. The standard InChI is InChI=1S/C14H7BrN2O3S/c15-11-1-4-13(5-2-11)21(18,19)14-6-3-12(20-14)7-10(8-16)9-17/h1-7H. The number of furan rings is 1. The number of hydrogen-bond acceptors (Lipinski definition) is 5. The summed E-state index contributed by atoms with van der Waals surface area (Å²) in [6, 6.07) is 12.1. The maximum atomic E-state index is 12.3. The minimum Gasteiger partial charge on any atom is -0.445 e. The number of halogens is 1. The van der Waals surface area contributed by atoms with Gasteiger partial charge < -0.3 is 4.42 Å². The van der Waals surface area contributed by atoms with Crippen LogP contribution in [-0.4, -0.2) is 8.42 Å². The van der Waals surface area contributed by atoms with Gasteiger partial charge in [0.05, 0.1) is 4.90 Å². The summed E-state index contributed by atoms with van der Waals surface area (Å²) in [4.78, 5) is 0.0939. The van der Waals surface area contributed by atoms with Gasteiger partial charge in [-0.15, -0.1) is 0 Å². The van der Waals surface area contributed by atoms with Crippen LogP contribution in [0.3, 0.4) is 0 Å². The van der Waals surface area contributed by atoms with E-state index in [0.29, 0.717) is 0 Å². The highest BCUT2D eigenvalue weighted by atomic mass is 79.9. The van der Waals surface area contributed by atoms with Gasteiger partial charge in [0.2, 0.25) is 14.9 Å². The number of nitrogens with zero attached hydrogens (tertiary/aromatic N) is 2. The highest BCUT2D eigenvalue weighted by Crippen LogP contribution is 2.25. The molecule has 2 aromatic rings. The number of allylic oxidation sites excluding steroid dienone is 1. The van der Waals surface area contributed by atoms with Gasteiger partial charge in [0, 0.05) is 10.5 Å². The highest BCUT2D eigenvalue weighted by molar-refractivity contribution is 9.10. The van der Waals surface area contributed by atoms with Gasteiger partial charge in [-0.1, -0.05) is 15.9 Å². The topological polar surface area (TPSA) is 94.9 Å². The lowest BCUT2D eigenvalue weighted by molar-refractivity contribution is 0.443. The molecule has 0 amide bonds. The molecule has 0 spiro atoms. The van der Waals surface area contributed by atoms with Gasteiger partial charge in [-0.05, 0) is 36.4 Å². The number of hydrogen-bond donors (Lipinski definition) is 0. The van der Waals surface area contributed by atoms with E-state index in [1.807, 2.05) is 0 Å². The zero-order chi connectivity index (χ0) is 15.5. The fraction of sp³-hybridized carbons (Fsp3) is 0. The lowest BCUT2D eigenvalue weighted by Crippen LogP contribution is -1.99. The van der Waals surface area contributed by atoms with Crippen molar-refractivity contribution in [1.29, 1.82) is 10.5 Å². The van der Waals surface area contributed by atoms with E-state index < -0.39 is 9.84 Å². The maximum absolute atomic E-state index is 12.3. The minimum absolute atomic E-state index is 0.0939. The summed E-state index contributed by atoms with van der Waals surface area (Å²) in [6.45, 7) is 0. The molecule has 5 nitrogen and oxygen atoms in total. The fourth-order valence-electron chi connectivity index (χ4n) is 1.52. The summed E-state index contributed by atoms with van der Waals surface area (Å²) in [5, 5.41) is 17.1. The van der Waals surface area contributed by atoms with Gasteiger partial charge in [-0.3, -0.25) is 0 Å². The smallest absolute Gasteiger partial charge is 0.239 e. The number of sulfone groups is 1. The molecule has 21 heavy (non-hydrogen) atoms. The van der Waals surface area contributed by atoms with Gasteiger partial charge in [-0.25, -0.2) is 8.42 Å². The molecular formula is C14H7BrN2O3S. The predicted octanol–water partition coefficient (Wildman–Crippen LogP) is 3.31. The molecule has 0 fully saturated rings. The zero-order valence-corrected chi connectivity index (χ0v) is 12.8. The Kier molecular flexibility index (Phi) is 4.27. The van der Waals surface area contributed by atoms with Crippen molar-refractivity contribution in [3.05, 3.63) is 52.2 Å². The van der Waals surface area contributed by atoms with Crippen LogP contribution < -0.4 is 0 Å². The molecule has 0 unspecified atom stereocenters. The Balaban J connectivity index is 2.42. The quantitative estimate of drug-likeness (QED) is 0.780. The average Bonchev–Trinajstić information content (AvgIpc) is 2.94. The predicted molar refractivity (Wildman–Crippen MR) is 77.5 cm³/mol. The van der Waals surface area contributed by atoms with E-state index in [1.165, 1.54) is 30.3 Å². The number of benzene rings is 1. The molecule has 1 aromatic heterocycles. The van der Waals surface area contributed by atoms with E-state index in [4.69, 9.17) is 14.9 Å². The van der Waals surface area contributed by atoms with E-state index >= 15 is 0 Å². The van der Waals surface area contributed by atoms with Gasteiger partial charge in [-0.2, -0.15) is 10.5 Å². The molecule has 0 saturated heterocycles. The van der Waals surface area contributed by atoms with Gasteiger partial charge in [0.1, 0.15) is 23.5 Å². The highest BCUT2D eigenvalue weighted by Gasteiger charge is 2.21. The van der Waals surface area contributed by atoms with Crippen molar-refractivity contribution >= 4 is 31.8 Å². The lowest BCUT2D eigenvalue weighted by Gasteiger charge is -2.00. The molecule has 0 atom stereocenters. The van der Waals surface area contributed by atoms with E-state index in [1.54, 1.807) is 24.3 Å². The Bertz CT molecular complexity index is 866. The van der Waals surface area contributed by atoms with E-state index in [9.17, 15) is 8.42 Å². The van der Waals surface area contributed by atoms with Crippen LogP contribution in [0.2, 0.25) is 0 Å². The first-order valence-electron chi connectivity index (χ1n) is 5.60. The first-order valence-corrected chi connectivity index (χ1v) is 7.87. The molecule has 0 bridgehead atoms. The first kappa shape index (κ1) is 15.0. The van der Waals surface area contributed by atoms with Crippen LogP contribution in [0, 0.1) is 22.7 Å². The van der Waals surface area contributed by atoms with Crippen LogP contribution in [0.25, 0.3) is 6.08 Å². The van der Waals surface area contributed by atoms with E-state index in [0.717, 1.165) is 4.47 Å². The number of nitriles is 2. The third kappa shape index (κ3) is 3.22. The molecule has 0 radical (unpaired) electrons. The third-order valence-corrected chi connectivity index (χ3v) is 4.69. The lowest BCUT2D eigenvalue weighted by atomic mass is 10.3. The molecular weight excluding hydrogens is 356 g/mol.